The average molecular weight is 354 g/mol. The van der Waals surface area contributed by atoms with Crippen LogP contribution in [0, 0.1) is 5.82 Å². The van der Waals surface area contributed by atoms with E-state index < -0.39 is 35.5 Å². The third kappa shape index (κ3) is 4.55. The lowest BCUT2D eigenvalue weighted by atomic mass is 10.1. The van der Waals surface area contributed by atoms with Crippen LogP contribution in [0.2, 0.25) is 5.02 Å². The number of amides is 1. The lowest BCUT2D eigenvalue weighted by Gasteiger charge is -2.35. The maximum absolute atomic E-state index is 13.3. The molecule has 9 heteroatoms. The van der Waals surface area contributed by atoms with Crippen molar-refractivity contribution in [2.24, 2.45) is 0 Å². The van der Waals surface area contributed by atoms with Gasteiger partial charge in [-0.1, -0.05) is 17.7 Å². The van der Waals surface area contributed by atoms with E-state index in [1.54, 1.807) is 0 Å². The van der Waals surface area contributed by atoms with Crippen LogP contribution in [-0.4, -0.2) is 55.7 Å². The number of nitrogens with zero attached hydrogens (tertiary/aromatic N) is 1. The van der Waals surface area contributed by atoms with Gasteiger partial charge in [-0.15, -0.1) is 0 Å². The molecule has 0 saturated carbocycles. The normalized spacial score (nSPS) is 17.8. The van der Waals surface area contributed by atoms with Gasteiger partial charge in [0.25, 0.3) is 5.91 Å². The lowest BCUT2D eigenvalue weighted by Crippen LogP contribution is -2.57. The number of hydrogen-bond acceptors (Lipinski definition) is 3. The number of piperazine rings is 1. The number of rotatable bonds is 4. The minimum absolute atomic E-state index is 0.187. The van der Waals surface area contributed by atoms with Gasteiger partial charge >= 0.3 is 6.18 Å². The Morgan fingerprint density at radius 3 is 2.61 bits per heavy atom. The Hall–Kier alpha value is -1.38. The van der Waals surface area contributed by atoms with Gasteiger partial charge < -0.3 is 10.6 Å². The summed E-state index contributed by atoms with van der Waals surface area (Å²) in [4.78, 5) is 13.2. The van der Waals surface area contributed by atoms with Crippen LogP contribution in [-0.2, 0) is 0 Å². The van der Waals surface area contributed by atoms with Crippen LogP contribution < -0.4 is 10.6 Å². The summed E-state index contributed by atoms with van der Waals surface area (Å²) < 4.78 is 52.9. The SMILES string of the molecule is O=C(NCC(N1CCNCC1)C(F)(F)F)c1cccc(F)c1Cl. The van der Waals surface area contributed by atoms with E-state index in [-0.39, 0.29) is 18.7 Å². The average Bonchev–Trinajstić information content (AvgIpc) is 2.50. The molecule has 2 rings (SSSR count). The van der Waals surface area contributed by atoms with Crippen molar-refractivity contribution in [3.63, 3.8) is 0 Å². The minimum atomic E-state index is -4.48. The summed E-state index contributed by atoms with van der Waals surface area (Å²) in [6.07, 6.45) is -4.48. The molecular formula is C14H16ClF4N3O. The lowest BCUT2D eigenvalue weighted by molar-refractivity contribution is -0.183. The number of halogens is 5. The smallest absolute Gasteiger partial charge is 0.350 e. The van der Waals surface area contributed by atoms with Gasteiger partial charge in [0, 0.05) is 32.7 Å². The van der Waals surface area contributed by atoms with E-state index in [0.29, 0.717) is 13.1 Å². The summed E-state index contributed by atoms with van der Waals surface area (Å²) in [5, 5.41) is 4.76. The summed E-state index contributed by atoms with van der Waals surface area (Å²) in [7, 11) is 0. The van der Waals surface area contributed by atoms with Crippen molar-refractivity contribution in [1.29, 1.82) is 0 Å². The second-order valence-electron chi connectivity index (χ2n) is 5.15. The summed E-state index contributed by atoms with van der Waals surface area (Å²) in [5.41, 5.74) is -0.187. The number of carbonyl (C=O) groups excluding carboxylic acids is 1. The van der Waals surface area contributed by atoms with E-state index >= 15 is 0 Å². The first-order valence-electron chi connectivity index (χ1n) is 7.04. The van der Waals surface area contributed by atoms with Crippen molar-refractivity contribution in [2.75, 3.05) is 32.7 Å². The Labute approximate surface area is 135 Å². The third-order valence-electron chi connectivity index (χ3n) is 3.62. The fourth-order valence-corrected chi connectivity index (χ4v) is 2.62. The maximum atomic E-state index is 13.3. The molecule has 1 heterocycles. The number of hydrogen-bond donors (Lipinski definition) is 2. The molecule has 1 aromatic carbocycles. The molecule has 1 fully saturated rings. The van der Waals surface area contributed by atoms with Crippen molar-refractivity contribution in [2.45, 2.75) is 12.2 Å². The quantitative estimate of drug-likeness (QED) is 0.814. The molecule has 0 aromatic heterocycles. The van der Waals surface area contributed by atoms with Crippen LogP contribution in [0.1, 0.15) is 10.4 Å². The van der Waals surface area contributed by atoms with Crippen LogP contribution in [0.15, 0.2) is 18.2 Å². The Morgan fingerprint density at radius 1 is 1.35 bits per heavy atom. The summed E-state index contributed by atoms with van der Waals surface area (Å²) in [5.74, 6) is -1.63. The molecule has 1 unspecified atom stereocenters. The van der Waals surface area contributed by atoms with E-state index in [9.17, 15) is 22.4 Å². The van der Waals surface area contributed by atoms with Crippen LogP contribution in [0.5, 0.6) is 0 Å². The first-order valence-corrected chi connectivity index (χ1v) is 7.42. The van der Waals surface area contributed by atoms with Crippen molar-refractivity contribution in [3.05, 3.63) is 34.6 Å². The van der Waals surface area contributed by atoms with Crippen molar-refractivity contribution in [3.8, 4) is 0 Å². The second kappa shape index (κ2) is 7.46. The molecule has 2 N–H and O–H groups in total. The van der Waals surface area contributed by atoms with Crippen molar-refractivity contribution < 1.29 is 22.4 Å². The number of carbonyl (C=O) groups is 1. The Balaban J connectivity index is 2.05. The highest BCUT2D eigenvalue weighted by Crippen LogP contribution is 2.25. The predicted molar refractivity (Wildman–Crippen MR) is 78.0 cm³/mol. The molecule has 1 atom stereocenters. The van der Waals surface area contributed by atoms with E-state index in [4.69, 9.17) is 11.6 Å². The first-order chi connectivity index (χ1) is 10.8. The molecule has 4 nitrogen and oxygen atoms in total. The van der Waals surface area contributed by atoms with Gasteiger partial charge in [-0.2, -0.15) is 13.2 Å². The Morgan fingerprint density at radius 2 is 2.00 bits per heavy atom. The van der Waals surface area contributed by atoms with Gasteiger partial charge in [0.1, 0.15) is 11.9 Å². The number of benzene rings is 1. The fourth-order valence-electron chi connectivity index (χ4n) is 2.41. The molecule has 1 aromatic rings. The Bertz CT molecular complexity index is 561. The highest BCUT2D eigenvalue weighted by molar-refractivity contribution is 6.34. The highest BCUT2D eigenvalue weighted by atomic mass is 35.5. The largest absolute Gasteiger partial charge is 0.405 e. The molecular weight excluding hydrogens is 338 g/mol. The summed E-state index contributed by atoms with van der Waals surface area (Å²) in [6, 6.07) is 1.81. The topological polar surface area (TPSA) is 44.4 Å². The molecule has 1 aliphatic heterocycles. The van der Waals surface area contributed by atoms with E-state index in [1.165, 1.54) is 17.0 Å². The molecule has 0 radical (unpaired) electrons. The van der Waals surface area contributed by atoms with Crippen LogP contribution in [0.3, 0.4) is 0 Å². The van der Waals surface area contributed by atoms with Gasteiger partial charge in [-0.3, -0.25) is 9.69 Å². The van der Waals surface area contributed by atoms with Gasteiger partial charge in [0.15, 0.2) is 0 Å². The van der Waals surface area contributed by atoms with E-state index in [1.807, 2.05) is 0 Å². The van der Waals surface area contributed by atoms with Crippen LogP contribution in [0.25, 0.3) is 0 Å². The second-order valence-corrected chi connectivity index (χ2v) is 5.53. The van der Waals surface area contributed by atoms with Gasteiger partial charge in [0.2, 0.25) is 0 Å². The van der Waals surface area contributed by atoms with Crippen molar-refractivity contribution >= 4 is 17.5 Å². The molecule has 128 valence electrons. The Kier molecular flexibility index (Phi) is 5.83. The van der Waals surface area contributed by atoms with E-state index in [0.717, 1.165) is 6.07 Å². The van der Waals surface area contributed by atoms with E-state index in [2.05, 4.69) is 10.6 Å². The van der Waals surface area contributed by atoms with Gasteiger partial charge in [-0.05, 0) is 12.1 Å². The number of alkyl halides is 3. The number of nitrogens with one attached hydrogen (secondary N) is 2. The standard InChI is InChI=1S/C14H16ClF4N3O/c15-12-9(2-1-3-10(12)16)13(23)21-8-11(14(17,18)19)22-6-4-20-5-7-22/h1-3,11,20H,4-8H2,(H,21,23). The van der Waals surface area contributed by atoms with Crippen LogP contribution in [0.4, 0.5) is 17.6 Å². The van der Waals surface area contributed by atoms with Gasteiger partial charge in [0.05, 0.1) is 10.6 Å². The van der Waals surface area contributed by atoms with Crippen LogP contribution >= 0.6 is 11.6 Å². The maximum Gasteiger partial charge on any atom is 0.405 e. The zero-order chi connectivity index (χ0) is 17.0. The minimum Gasteiger partial charge on any atom is -0.350 e. The van der Waals surface area contributed by atoms with Crippen molar-refractivity contribution in [1.82, 2.24) is 15.5 Å². The summed E-state index contributed by atoms with van der Waals surface area (Å²) in [6.45, 7) is 0.767. The fraction of sp³-hybridized carbons (Fsp3) is 0.500. The third-order valence-corrected chi connectivity index (χ3v) is 4.01. The molecule has 1 amide bonds. The molecule has 0 spiro atoms. The molecule has 1 aliphatic rings. The monoisotopic (exact) mass is 353 g/mol. The zero-order valence-corrected chi connectivity index (χ0v) is 12.8. The first kappa shape index (κ1) is 18.0. The van der Waals surface area contributed by atoms with Gasteiger partial charge in [-0.25, -0.2) is 4.39 Å². The highest BCUT2D eigenvalue weighted by Gasteiger charge is 2.43. The molecule has 0 bridgehead atoms. The zero-order valence-electron chi connectivity index (χ0n) is 12.1. The predicted octanol–water partition coefficient (Wildman–Crippen LogP) is 2.04. The molecule has 1 saturated heterocycles. The summed E-state index contributed by atoms with van der Waals surface area (Å²) >= 11 is 5.67. The molecule has 23 heavy (non-hydrogen) atoms. The molecule has 0 aliphatic carbocycles.